The maximum absolute atomic E-state index is 5.32. The Morgan fingerprint density at radius 2 is 0.779 bits per heavy atom. The summed E-state index contributed by atoms with van der Waals surface area (Å²) in [5.41, 5.74) is 15.3. The topological polar surface area (TPSA) is 43.6 Å². The van der Waals surface area contributed by atoms with Gasteiger partial charge in [-0.2, -0.15) is 0 Å². The van der Waals surface area contributed by atoms with Gasteiger partial charge in [-0.15, -0.1) is 11.3 Å². The number of para-hydroxylation sites is 2. The minimum Gasteiger partial charge on any atom is -0.308 e. The molecule has 318 valence electrons. The number of hydrogen-bond donors (Lipinski definition) is 0. The summed E-state index contributed by atoms with van der Waals surface area (Å²) in [6.45, 7) is 0. The quantitative estimate of drug-likeness (QED) is 0.153. The van der Waals surface area contributed by atoms with Crippen LogP contribution in [0.4, 0.5) is 0 Å². The molecule has 13 rings (SSSR count). The molecule has 3 aromatic heterocycles. The number of thiophene rings is 1. The average Bonchev–Trinajstić information content (AvgIpc) is 3.97. The molecule has 13 aromatic rings. The van der Waals surface area contributed by atoms with Gasteiger partial charge in [0.05, 0.1) is 15.7 Å². The van der Waals surface area contributed by atoms with Crippen molar-refractivity contribution in [2.24, 2.45) is 0 Å². The van der Waals surface area contributed by atoms with Crippen molar-refractivity contribution in [3.8, 4) is 84.4 Å². The number of benzene rings is 10. The van der Waals surface area contributed by atoms with Crippen LogP contribution < -0.4 is 0 Å². The van der Waals surface area contributed by atoms with Gasteiger partial charge in [0, 0.05) is 48.6 Å². The molecule has 0 N–H and O–H groups in total. The fraction of sp³-hybridized carbons (Fsp3) is 0. The van der Waals surface area contributed by atoms with E-state index >= 15 is 0 Å². The summed E-state index contributed by atoms with van der Waals surface area (Å²) in [7, 11) is 0. The van der Waals surface area contributed by atoms with E-state index in [1.807, 2.05) is 47.7 Å². The molecule has 0 saturated carbocycles. The van der Waals surface area contributed by atoms with Crippen LogP contribution in [0.3, 0.4) is 0 Å². The predicted molar refractivity (Wildman–Crippen MR) is 285 cm³/mol. The second-order valence-corrected chi connectivity index (χ2v) is 18.2. The van der Waals surface area contributed by atoms with Crippen LogP contribution >= 0.6 is 11.3 Å². The first-order chi connectivity index (χ1) is 33.7. The van der Waals surface area contributed by atoms with Crippen molar-refractivity contribution < 1.29 is 0 Å². The minimum atomic E-state index is 0.613. The Labute approximate surface area is 397 Å². The van der Waals surface area contributed by atoms with Crippen LogP contribution in [-0.4, -0.2) is 19.5 Å². The first-order valence-corrected chi connectivity index (χ1v) is 23.7. The van der Waals surface area contributed by atoms with Gasteiger partial charge < -0.3 is 4.57 Å². The Bertz CT molecular complexity index is 3880. The molecule has 0 fully saturated rings. The van der Waals surface area contributed by atoms with Gasteiger partial charge in [0.15, 0.2) is 17.5 Å². The summed E-state index contributed by atoms with van der Waals surface area (Å²) in [5, 5.41) is 5.00. The van der Waals surface area contributed by atoms with E-state index in [-0.39, 0.29) is 0 Å². The van der Waals surface area contributed by atoms with Crippen LogP contribution in [0.1, 0.15) is 0 Å². The molecular formula is C63H40N4S. The van der Waals surface area contributed by atoms with Crippen molar-refractivity contribution in [3.05, 3.63) is 243 Å². The summed E-state index contributed by atoms with van der Waals surface area (Å²) in [6.07, 6.45) is 0. The highest BCUT2D eigenvalue weighted by molar-refractivity contribution is 7.26. The molecule has 0 bridgehead atoms. The number of rotatable bonds is 8. The van der Waals surface area contributed by atoms with Crippen molar-refractivity contribution in [2.75, 3.05) is 0 Å². The summed E-state index contributed by atoms with van der Waals surface area (Å²) in [6, 6.07) is 86.4. The number of hydrogen-bond acceptors (Lipinski definition) is 4. The Morgan fingerprint density at radius 1 is 0.294 bits per heavy atom. The van der Waals surface area contributed by atoms with E-state index in [0.717, 1.165) is 55.8 Å². The van der Waals surface area contributed by atoms with Crippen LogP contribution in [0.2, 0.25) is 0 Å². The number of nitrogens with zero attached hydrogens (tertiary/aromatic N) is 4. The van der Waals surface area contributed by atoms with Gasteiger partial charge in [0.25, 0.3) is 0 Å². The molecule has 4 nitrogen and oxygen atoms in total. The van der Waals surface area contributed by atoms with Gasteiger partial charge >= 0.3 is 0 Å². The summed E-state index contributed by atoms with van der Waals surface area (Å²) in [4.78, 5) is 15.7. The van der Waals surface area contributed by atoms with Crippen LogP contribution in [0.25, 0.3) is 126 Å². The standard InChI is InChI=1S/C63H40N4S/c1-6-18-41(19-7-1)47-36-48(42-20-8-2-9-21-42)38-49(37-47)45-30-32-51(56(39-45)63-65-61(43-22-10-3-11-23-43)64-62(66-63)44-24-12-4-13-25-44)46-31-33-53-55-35-34-54-52-28-16-17-29-57(52)67(50-26-14-5-15-27-50)59(54)60(55)68-58(53)40-46/h1-40H. The van der Waals surface area contributed by atoms with Crippen LogP contribution in [0.15, 0.2) is 243 Å². The van der Waals surface area contributed by atoms with Crippen molar-refractivity contribution in [2.45, 2.75) is 0 Å². The van der Waals surface area contributed by atoms with Gasteiger partial charge in [-0.3, -0.25) is 0 Å². The smallest absolute Gasteiger partial charge is 0.164 e. The largest absolute Gasteiger partial charge is 0.308 e. The van der Waals surface area contributed by atoms with Gasteiger partial charge in [-0.25, -0.2) is 15.0 Å². The molecule has 0 amide bonds. The Balaban J connectivity index is 1.05. The third-order valence-corrected chi connectivity index (χ3v) is 14.2. The first-order valence-electron chi connectivity index (χ1n) is 22.9. The lowest BCUT2D eigenvalue weighted by Gasteiger charge is -2.16. The van der Waals surface area contributed by atoms with E-state index in [0.29, 0.717) is 17.5 Å². The molecule has 0 unspecified atom stereocenters. The SMILES string of the molecule is c1ccc(-c2cc(-c3ccccc3)cc(-c3ccc(-c4ccc5c(c4)sc4c5ccc5c6ccccc6n(-c6ccccc6)c54)c(-c4nc(-c5ccccc5)nc(-c5ccccc5)n4)c3)c2)cc1. The molecule has 0 aliphatic carbocycles. The summed E-state index contributed by atoms with van der Waals surface area (Å²) >= 11 is 1.86. The zero-order valence-corrected chi connectivity index (χ0v) is 37.6. The molecule has 0 spiro atoms. The second-order valence-electron chi connectivity index (χ2n) is 17.2. The first kappa shape index (κ1) is 39.6. The Kier molecular flexibility index (Phi) is 9.66. The molecular weight excluding hydrogens is 845 g/mol. The molecule has 5 heteroatoms. The summed E-state index contributed by atoms with van der Waals surface area (Å²) in [5.74, 6) is 1.87. The van der Waals surface area contributed by atoms with E-state index in [1.54, 1.807) is 0 Å². The fourth-order valence-electron chi connectivity index (χ4n) is 9.77. The monoisotopic (exact) mass is 884 g/mol. The lowest BCUT2D eigenvalue weighted by Crippen LogP contribution is -2.01. The van der Waals surface area contributed by atoms with Crippen molar-refractivity contribution >= 4 is 53.3 Å². The third kappa shape index (κ3) is 6.96. The second kappa shape index (κ2) is 16.6. The maximum Gasteiger partial charge on any atom is 0.164 e. The lowest BCUT2D eigenvalue weighted by atomic mass is 9.90. The number of fused-ring (bicyclic) bond motifs is 7. The van der Waals surface area contributed by atoms with E-state index < -0.39 is 0 Å². The maximum atomic E-state index is 5.32. The normalized spacial score (nSPS) is 11.5. The van der Waals surface area contributed by atoms with E-state index in [2.05, 4.69) is 211 Å². The molecule has 68 heavy (non-hydrogen) atoms. The molecule has 0 radical (unpaired) electrons. The van der Waals surface area contributed by atoms with E-state index in [1.165, 1.54) is 53.1 Å². The summed E-state index contributed by atoms with van der Waals surface area (Å²) < 4.78 is 4.93. The van der Waals surface area contributed by atoms with Crippen LogP contribution in [0, 0.1) is 0 Å². The predicted octanol–water partition coefficient (Wildman–Crippen LogP) is 17.0. The van der Waals surface area contributed by atoms with Gasteiger partial charge in [-0.05, 0) is 93.0 Å². The molecule has 0 saturated heterocycles. The fourth-order valence-corrected chi connectivity index (χ4v) is 11.1. The van der Waals surface area contributed by atoms with Gasteiger partial charge in [0.1, 0.15) is 0 Å². The van der Waals surface area contributed by atoms with Gasteiger partial charge in [0.2, 0.25) is 0 Å². The molecule has 0 atom stereocenters. The van der Waals surface area contributed by atoms with E-state index in [9.17, 15) is 0 Å². The van der Waals surface area contributed by atoms with Crippen molar-refractivity contribution in [3.63, 3.8) is 0 Å². The van der Waals surface area contributed by atoms with Crippen molar-refractivity contribution in [1.29, 1.82) is 0 Å². The zero-order chi connectivity index (χ0) is 45.0. The molecule has 10 aromatic carbocycles. The van der Waals surface area contributed by atoms with Gasteiger partial charge in [-0.1, -0.05) is 194 Å². The Hall–Kier alpha value is -8.77. The highest BCUT2D eigenvalue weighted by Gasteiger charge is 2.21. The van der Waals surface area contributed by atoms with Crippen LogP contribution in [0.5, 0.6) is 0 Å². The highest BCUT2D eigenvalue weighted by Crippen LogP contribution is 2.45. The van der Waals surface area contributed by atoms with Crippen molar-refractivity contribution in [1.82, 2.24) is 19.5 Å². The minimum absolute atomic E-state index is 0.613. The molecule has 3 heterocycles. The number of aromatic nitrogens is 4. The molecule has 0 aliphatic rings. The zero-order valence-electron chi connectivity index (χ0n) is 36.8. The van der Waals surface area contributed by atoms with E-state index in [4.69, 9.17) is 15.0 Å². The average molecular weight is 885 g/mol. The highest BCUT2D eigenvalue weighted by atomic mass is 32.1. The lowest BCUT2D eigenvalue weighted by molar-refractivity contribution is 1.07. The third-order valence-electron chi connectivity index (χ3n) is 13.0. The van der Waals surface area contributed by atoms with Crippen LogP contribution in [-0.2, 0) is 0 Å². The molecule has 0 aliphatic heterocycles. The Morgan fingerprint density at radius 3 is 1.40 bits per heavy atom.